The molecule has 0 bridgehead atoms. The van der Waals surface area contributed by atoms with Gasteiger partial charge in [-0.1, -0.05) is 23.7 Å². The number of pyridine rings is 1. The average molecular weight is 533 g/mol. The van der Waals surface area contributed by atoms with E-state index in [1.807, 2.05) is 0 Å². The summed E-state index contributed by atoms with van der Waals surface area (Å²) in [6, 6.07) is 8.55. The summed E-state index contributed by atoms with van der Waals surface area (Å²) in [7, 11) is 1.72. The number of nitrogens with one attached hydrogen (secondary N) is 3. The molecule has 10 nitrogen and oxygen atoms in total. The Morgan fingerprint density at radius 3 is 2.39 bits per heavy atom. The molecular weight excluding hydrogens is 511 g/mol. The van der Waals surface area contributed by atoms with Crippen LogP contribution in [0.25, 0.3) is 22.2 Å². The molecule has 0 aliphatic carbocycles. The number of nitrogens with zero attached hydrogens (tertiary/aromatic N) is 3. The quantitative estimate of drug-likeness (QED) is 0.303. The molecule has 0 aliphatic heterocycles. The first-order valence-electron chi connectivity index (χ1n) is 10.5. The van der Waals surface area contributed by atoms with Gasteiger partial charge in [-0.3, -0.25) is 4.72 Å². The number of halogens is 2. The first-order chi connectivity index (χ1) is 17.2. The molecule has 0 aliphatic rings. The van der Waals surface area contributed by atoms with Crippen LogP contribution in [0.5, 0.6) is 11.5 Å². The maximum absolute atomic E-state index is 15.7. The molecule has 36 heavy (non-hydrogen) atoms. The van der Waals surface area contributed by atoms with Gasteiger partial charge >= 0.3 is 0 Å². The van der Waals surface area contributed by atoms with Gasteiger partial charge in [0.05, 0.1) is 24.9 Å². The van der Waals surface area contributed by atoms with Gasteiger partial charge in [-0.05, 0) is 18.2 Å². The van der Waals surface area contributed by atoms with Gasteiger partial charge < -0.3 is 20.1 Å². The van der Waals surface area contributed by atoms with Crippen molar-refractivity contribution in [1.29, 1.82) is 0 Å². The fourth-order valence-corrected chi connectivity index (χ4v) is 5.08. The van der Waals surface area contributed by atoms with Gasteiger partial charge in [0, 0.05) is 42.9 Å². The van der Waals surface area contributed by atoms with Crippen LogP contribution in [0.15, 0.2) is 47.5 Å². The molecule has 188 valence electrons. The van der Waals surface area contributed by atoms with Gasteiger partial charge in [0.2, 0.25) is 5.95 Å². The lowest BCUT2D eigenvalue weighted by Gasteiger charge is -2.16. The van der Waals surface area contributed by atoms with Crippen LogP contribution in [0.1, 0.15) is 0 Å². The molecule has 3 N–H and O–H groups in total. The molecule has 0 fully saturated rings. The third-order valence-corrected chi connectivity index (χ3v) is 6.97. The Morgan fingerprint density at radius 1 is 0.972 bits per heavy atom. The largest absolute Gasteiger partial charge is 0.495 e. The van der Waals surface area contributed by atoms with E-state index < -0.39 is 15.8 Å². The first-order valence-corrected chi connectivity index (χ1v) is 12.3. The molecule has 0 unspecified atom stereocenters. The minimum atomic E-state index is -4.30. The second-order valence-corrected chi connectivity index (χ2v) is 9.46. The minimum Gasteiger partial charge on any atom is -0.495 e. The third kappa shape index (κ3) is 4.64. The number of sulfonamides is 1. The highest BCUT2D eigenvalue weighted by molar-refractivity contribution is 7.92. The smallest absolute Gasteiger partial charge is 0.265 e. The summed E-state index contributed by atoms with van der Waals surface area (Å²) in [5, 5.41) is 6.41. The number of hydrogen-bond donors (Lipinski definition) is 3. The molecule has 0 radical (unpaired) electrons. The number of hydrogen-bond acceptors (Lipinski definition) is 9. The molecule has 2 aromatic heterocycles. The summed E-state index contributed by atoms with van der Waals surface area (Å²) >= 11 is 6.13. The molecule has 0 saturated heterocycles. The van der Waals surface area contributed by atoms with Gasteiger partial charge in [0.25, 0.3) is 10.0 Å². The van der Waals surface area contributed by atoms with E-state index >= 15 is 4.39 Å². The summed E-state index contributed by atoms with van der Waals surface area (Å²) in [6.45, 7) is 0. The van der Waals surface area contributed by atoms with Crippen LogP contribution in [-0.2, 0) is 10.0 Å². The van der Waals surface area contributed by atoms with Crippen LogP contribution in [0.3, 0.4) is 0 Å². The maximum atomic E-state index is 15.7. The van der Waals surface area contributed by atoms with Crippen molar-refractivity contribution in [3.05, 3.63) is 53.4 Å². The zero-order chi connectivity index (χ0) is 26.0. The minimum absolute atomic E-state index is 0.0163. The Kier molecular flexibility index (Phi) is 7.00. The van der Waals surface area contributed by atoms with Crippen molar-refractivity contribution in [1.82, 2.24) is 15.0 Å². The second-order valence-electron chi connectivity index (χ2n) is 7.40. The molecular formula is C23H22ClFN6O4S. The van der Waals surface area contributed by atoms with E-state index in [2.05, 4.69) is 30.3 Å². The zero-order valence-corrected chi connectivity index (χ0v) is 21.3. The molecule has 2 heterocycles. The highest BCUT2D eigenvalue weighted by atomic mass is 35.5. The third-order valence-electron chi connectivity index (χ3n) is 5.29. The van der Waals surface area contributed by atoms with Crippen LogP contribution in [0.4, 0.5) is 21.8 Å². The summed E-state index contributed by atoms with van der Waals surface area (Å²) in [5.74, 6) is 0.157. The lowest BCUT2D eigenvalue weighted by Crippen LogP contribution is -2.15. The van der Waals surface area contributed by atoms with E-state index in [1.54, 1.807) is 26.4 Å². The van der Waals surface area contributed by atoms with Crippen LogP contribution < -0.4 is 24.8 Å². The Morgan fingerprint density at radius 2 is 1.72 bits per heavy atom. The summed E-state index contributed by atoms with van der Waals surface area (Å²) in [5.41, 5.74) is 0.648. The van der Waals surface area contributed by atoms with Crippen LogP contribution in [-0.4, -0.2) is 51.7 Å². The van der Waals surface area contributed by atoms with Crippen LogP contribution in [0, 0.1) is 5.82 Å². The van der Waals surface area contributed by atoms with Crippen molar-refractivity contribution in [2.45, 2.75) is 4.90 Å². The molecule has 4 aromatic rings. The Bertz CT molecular complexity index is 1570. The Balaban J connectivity index is 1.79. The van der Waals surface area contributed by atoms with E-state index in [9.17, 15) is 8.42 Å². The molecule has 0 amide bonds. The number of methoxy groups -OCH3 is 2. The number of rotatable bonds is 8. The molecule has 0 atom stereocenters. The molecule has 0 spiro atoms. The summed E-state index contributed by atoms with van der Waals surface area (Å²) in [4.78, 5) is 12.7. The van der Waals surface area contributed by atoms with Gasteiger partial charge in [-0.25, -0.2) is 22.8 Å². The second kappa shape index (κ2) is 9.99. The molecule has 0 saturated carbocycles. The maximum Gasteiger partial charge on any atom is 0.265 e. The number of aromatic nitrogens is 3. The molecule has 2 aromatic carbocycles. The van der Waals surface area contributed by atoms with Gasteiger partial charge in [-0.15, -0.1) is 0 Å². The fourth-order valence-electron chi connectivity index (χ4n) is 3.54. The van der Waals surface area contributed by atoms with Crippen molar-refractivity contribution in [3.8, 4) is 22.6 Å². The topological polar surface area (TPSA) is 127 Å². The zero-order valence-electron chi connectivity index (χ0n) is 19.7. The highest BCUT2D eigenvalue weighted by Gasteiger charge is 2.25. The fraction of sp³-hybridized carbons (Fsp3) is 0.174. The van der Waals surface area contributed by atoms with E-state index in [-0.39, 0.29) is 32.7 Å². The first kappa shape index (κ1) is 25.2. The SMILES string of the molecule is CNc1ncc2cc(-c3cccc(NS(=O)(=O)c4cc(Cl)c(OC)cc4OC)c3F)c(NC)nc2n1. The van der Waals surface area contributed by atoms with Gasteiger partial charge in [0.15, 0.2) is 11.5 Å². The van der Waals surface area contributed by atoms with E-state index in [1.165, 1.54) is 44.6 Å². The van der Waals surface area contributed by atoms with E-state index in [0.29, 0.717) is 28.4 Å². The predicted octanol–water partition coefficient (Wildman–Crippen LogP) is 4.39. The van der Waals surface area contributed by atoms with Crippen molar-refractivity contribution in [3.63, 3.8) is 0 Å². The Hall–Kier alpha value is -3.90. The van der Waals surface area contributed by atoms with Crippen LogP contribution in [0.2, 0.25) is 5.02 Å². The normalized spacial score (nSPS) is 11.3. The standard InChI is InChI=1S/C23H22ClFN6O4S/c1-26-22-14(8-12-11-28-23(27-2)30-21(12)29-22)13-6-5-7-16(20(13)25)31-36(32,33)19-9-15(24)17(34-3)10-18(19)35-4/h5-11,31H,1-4H3,(H2,26,27,28,29,30). The van der Waals surface area contributed by atoms with Crippen molar-refractivity contribution < 1.29 is 22.3 Å². The Labute approximate surface area is 211 Å². The number of ether oxygens (including phenoxy) is 2. The van der Waals surface area contributed by atoms with Gasteiger partial charge in [-0.2, -0.15) is 4.98 Å². The average Bonchev–Trinajstić information content (AvgIpc) is 2.88. The lowest BCUT2D eigenvalue weighted by molar-refractivity contribution is 0.386. The number of anilines is 3. The summed E-state index contributed by atoms with van der Waals surface area (Å²) < 4.78 is 54.7. The van der Waals surface area contributed by atoms with Crippen molar-refractivity contribution in [2.75, 3.05) is 43.7 Å². The molecule has 13 heteroatoms. The highest BCUT2D eigenvalue weighted by Crippen LogP contribution is 2.38. The number of fused-ring (bicyclic) bond motifs is 1. The van der Waals surface area contributed by atoms with E-state index in [4.69, 9.17) is 21.1 Å². The van der Waals surface area contributed by atoms with Gasteiger partial charge in [0.1, 0.15) is 22.2 Å². The predicted molar refractivity (Wildman–Crippen MR) is 137 cm³/mol. The van der Waals surface area contributed by atoms with Crippen molar-refractivity contribution >= 4 is 50.1 Å². The van der Waals surface area contributed by atoms with E-state index in [0.717, 1.165) is 0 Å². The number of benzene rings is 2. The van der Waals surface area contributed by atoms with Crippen molar-refractivity contribution in [2.24, 2.45) is 0 Å². The monoisotopic (exact) mass is 532 g/mol. The molecule has 4 rings (SSSR count). The lowest BCUT2D eigenvalue weighted by atomic mass is 10.0. The summed E-state index contributed by atoms with van der Waals surface area (Å²) in [6.07, 6.45) is 1.56. The van der Waals surface area contributed by atoms with Crippen LogP contribution >= 0.6 is 11.6 Å².